The van der Waals surface area contributed by atoms with Crippen LogP contribution < -0.4 is 16.4 Å². The molecule has 2 amide bonds. The molecule has 0 spiro atoms. The molecule has 2 N–H and O–H groups in total. The normalized spacial score (nSPS) is 19.0. The van der Waals surface area contributed by atoms with E-state index in [4.69, 9.17) is 4.42 Å². The van der Waals surface area contributed by atoms with Crippen molar-refractivity contribution < 1.29 is 22.9 Å². The highest BCUT2D eigenvalue weighted by molar-refractivity contribution is 5.94. The Hall–Kier alpha value is -3.43. The molecule has 3 aromatic rings. The fraction of sp³-hybridized carbons (Fsp3) is 0.429. The summed E-state index contributed by atoms with van der Waals surface area (Å²) in [6.45, 7) is 3.52. The van der Waals surface area contributed by atoms with E-state index in [2.05, 4.69) is 20.3 Å². The lowest BCUT2D eigenvalue weighted by atomic mass is 9.85. The lowest BCUT2D eigenvalue weighted by Crippen LogP contribution is -2.39. The van der Waals surface area contributed by atoms with E-state index in [0.29, 0.717) is 25.7 Å². The van der Waals surface area contributed by atoms with Crippen LogP contribution in [0.3, 0.4) is 0 Å². The minimum absolute atomic E-state index is 0.0490. The predicted octanol–water partition coefficient (Wildman–Crippen LogP) is 3.23. The van der Waals surface area contributed by atoms with Crippen LogP contribution in [0.15, 0.2) is 38.2 Å². The highest BCUT2D eigenvalue weighted by Gasteiger charge is 2.28. The smallest absolute Gasteiger partial charge is 0.407 e. The zero-order valence-corrected chi connectivity index (χ0v) is 17.2. The molecule has 2 heterocycles. The van der Waals surface area contributed by atoms with Crippen molar-refractivity contribution in [1.29, 1.82) is 0 Å². The van der Waals surface area contributed by atoms with E-state index in [9.17, 15) is 18.8 Å². The molecule has 1 aromatic carbocycles. The quantitative estimate of drug-likeness (QED) is 0.641. The zero-order valence-electron chi connectivity index (χ0n) is 17.2. The van der Waals surface area contributed by atoms with Crippen molar-refractivity contribution >= 4 is 28.6 Å². The highest BCUT2D eigenvalue weighted by atomic mass is 19.1. The predicted molar refractivity (Wildman–Crippen MR) is 109 cm³/mol. The first kappa shape index (κ1) is 20.8. The van der Waals surface area contributed by atoms with Crippen LogP contribution in [0.25, 0.3) is 11.1 Å². The van der Waals surface area contributed by atoms with Crippen LogP contribution in [-0.2, 0) is 4.79 Å². The third kappa shape index (κ3) is 4.23. The highest BCUT2D eigenvalue weighted by Crippen LogP contribution is 2.28. The number of amides is 2. The maximum atomic E-state index is 14.6. The van der Waals surface area contributed by atoms with Crippen LogP contribution in [-0.4, -0.2) is 27.6 Å². The summed E-state index contributed by atoms with van der Waals surface area (Å²) in [6.07, 6.45) is 3.78. The van der Waals surface area contributed by atoms with Gasteiger partial charge in [-0.3, -0.25) is 14.2 Å². The average Bonchev–Trinajstić information content (AvgIpc) is 3.36. The molecule has 2 aromatic heterocycles. The Morgan fingerprint density at radius 1 is 1.23 bits per heavy atom. The Morgan fingerprint density at radius 2 is 1.97 bits per heavy atom. The van der Waals surface area contributed by atoms with Crippen LogP contribution >= 0.6 is 0 Å². The molecule has 1 aliphatic rings. The summed E-state index contributed by atoms with van der Waals surface area (Å²) in [5, 5.41) is 9.21. The molecule has 1 aliphatic carbocycles. The number of oxazole rings is 1. The minimum Gasteiger partial charge on any atom is -0.407 e. The second-order valence-corrected chi connectivity index (χ2v) is 8.03. The first-order valence-electron chi connectivity index (χ1n) is 10.2. The van der Waals surface area contributed by atoms with Crippen molar-refractivity contribution in [1.82, 2.24) is 15.0 Å². The van der Waals surface area contributed by atoms with Gasteiger partial charge in [0.2, 0.25) is 5.91 Å². The van der Waals surface area contributed by atoms with Crippen molar-refractivity contribution in [2.75, 3.05) is 5.32 Å². The maximum absolute atomic E-state index is 14.6. The van der Waals surface area contributed by atoms with E-state index in [0.717, 1.165) is 0 Å². The SMILES string of the molecule is CC(C)n1c(=O)oc2cc(NC(=O)[C@H]3CC[C@@H](NC(=O)c4ccon4)CC3)cc(F)c21. The van der Waals surface area contributed by atoms with Gasteiger partial charge in [0.25, 0.3) is 5.91 Å². The summed E-state index contributed by atoms with van der Waals surface area (Å²) in [4.78, 5) is 36.7. The molecule has 0 radical (unpaired) electrons. The van der Waals surface area contributed by atoms with Crippen LogP contribution in [0.5, 0.6) is 0 Å². The molecule has 1 fully saturated rings. The molecule has 0 atom stereocenters. The van der Waals surface area contributed by atoms with E-state index < -0.39 is 11.6 Å². The number of anilines is 1. The van der Waals surface area contributed by atoms with Gasteiger partial charge in [0.1, 0.15) is 11.8 Å². The Bertz CT molecular complexity index is 1160. The molecule has 4 rings (SSSR count). The summed E-state index contributed by atoms with van der Waals surface area (Å²) in [5.74, 6) is -2.07. The summed E-state index contributed by atoms with van der Waals surface area (Å²) in [6, 6.07) is 3.83. The topological polar surface area (TPSA) is 119 Å². The Morgan fingerprint density at radius 3 is 2.61 bits per heavy atom. The molecule has 0 aliphatic heterocycles. The van der Waals surface area contributed by atoms with E-state index in [1.807, 2.05) is 0 Å². The Balaban J connectivity index is 1.38. The van der Waals surface area contributed by atoms with Gasteiger partial charge in [0.15, 0.2) is 17.1 Å². The molecular weight excluding hydrogens is 407 g/mol. The molecule has 1 saturated carbocycles. The second kappa shape index (κ2) is 8.37. The number of aromatic nitrogens is 2. The molecule has 10 heteroatoms. The van der Waals surface area contributed by atoms with Crippen LogP contribution in [0, 0.1) is 11.7 Å². The van der Waals surface area contributed by atoms with Crippen molar-refractivity contribution in [3.05, 3.63) is 46.5 Å². The van der Waals surface area contributed by atoms with Gasteiger partial charge in [-0.2, -0.15) is 0 Å². The first-order chi connectivity index (χ1) is 14.8. The van der Waals surface area contributed by atoms with Crippen LogP contribution in [0.4, 0.5) is 10.1 Å². The number of hydrogen-bond acceptors (Lipinski definition) is 6. The monoisotopic (exact) mass is 430 g/mol. The summed E-state index contributed by atoms with van der Waals surface area (Å²) < 4.78 is 25.7. The third-order valence-corrected chi connectivity index (χ3v) is 5.55. The Kier molecular flexibility index (Phi) is 5.62. The number of fused-ring (bicyclic) bond motifs is 1. The number of carbonyl (C=O) groups is 2. The third-order valence-electron chi connectivity index (χ3n) is 5.55. The fourth-order valence-electron chi connectivity index (χ4n) is 3.99. The lowest BCUT2D eigenvalue weighted by molar-refractivity contribution is -0.120. The second-order valence-electron chi connectivity index (χ2n) is 8.03. The van der Waals surface area contributed by atoms with Gasteiger partial charge in [0.05, 0.1) is 0 Å². The van der Waals surface area contributed by atoms with E-state index in [1.165, 1.54) is 29.0 Å². The molecule has 0 unspecified atom stereocenters. The maximum Gasteiger partial charge on any atom is 0.420 e. The van der Waals surface area contributed by atoms with Crippen molar-refractivity contribution in [3.8, 4) is 0 Å². The molecule has 164 valence electrons. The van der Waals surface area contributed by atoms with Crippen LogP contribution in [0.2, 0.25) is 0 Å². The largest absolute Gasteiger partial charge is 0.420 e. The van der Waals surface area contributed by atoms with Crippen molar-refractivity contribution in [3.63, 3.8) is 0 Å². The van der Waals surface area contributed by atoms with Crippen LogP contribution in [0.1, 0.15) is 56.1 Å². The number of halogens is 1. The molecule has 9 nitrogen and oxygen atoms in total. The summed E-state index contributed by atoms with van der Waals surface area (Å²) in [5.41, 5.74) is 0.631. The molecule has 0 saturated heterocycles. The number of carbonyl (C=O) groups excluding carboxylic acids is 2. The van der Waals surface area contributed by atoms with Crippen molar-refractivity contribution in [2.24, 2.45) is 5.92 Å². The number of rotatable bonds is 5. The van der Waals surface area contributed by atoms with E-state index in [-0.39, 0.29) is 52.3 Å². The van der Waals surface area contributed by atoms with Gasteiger partial charge in [-0.25, -0.2) is 9.18 Å². The Labute approximate surface area is 176 Å². The summed E-state index contributed by atoms with van der Waals surface area (Å²) in [7, 11) is 0. The summed E-state index contributed by atoms with van der Waals surface area (Å²) >= 11 is 0. The van der Waals surface area contributed by atoms with Gasteiger partial charge < -0.3 is 19.6 Å². The van der Waals surface area contributed by atoms with Gasteiger partial charge in [-0.15, -0.1) is 0 Å². The van der Waals surface area contributed by atoms with Gasteiger partial charge >= 0.3 is 5.76 Å². The number of benzene rings is 1. The van der Waals surface area contributed by atoms with Crippen molar-refractivity contribution in [2.45, 2.75) is 51.6 Å². The molecular formula is C21H23FN4O5. The van der Waals surface area contributed by atoms with Gasteiger partial charge in [-0.05, 0) is 45.6 Å². The van der Waals surface area contributed by atoms with Gasteiger partial charge in [-0.1, -0.05) is 5.16 Å². The average molecular weight is 430 g/mol. The molecule has 0 bridgehead atoms. The zero-order chi connectivity index (χ0) is 22.1. The van der Waals surface area contributed by atoms with Gasteiger partial charge in [0, 0.05) is 35.8 Å². The van der Waals surface area contributed by atoms with E-state index >= 15 is 0 Å². The molecule has 31 heavy (non-hydrogen) atoms. The number of nitrogens with zero attached hydrogens (tertiary/aromatic N) is 2. The fourth-order valence-corrected chi connectivity index (χ4v) is 3.99. The first-order valence-corrected chi connectivity index (χ1v) is 10.2. The standard InChI is InChI=1S/C21H23FN4O5/c1-11(2)26-18-15(22)9-14(10-17(18)31-21(26)29)24-19(27)12-3-5-13(6-4-12)23-20(28)16-7-8-30-25-16/h7-13H,3-6H2,1-2H3,(H,23,28)(H,24,27)/t12-,13+. The number of hydrogen-bond donors (Lipinski definition) is 2. The number of nitrogens with one attached hydrogen (secondary N) is 2. The minimum atomic E-state index is -0.640. The lowest BCUT2D eigenvalue weighted by Gasteiger charge is -2.28. The van der Waals surface area contributed by atoms with E-state index in [1.54, 1.807) is 13.8 Å².